The smallest absolute Gasteiger partial charge is 0.358 e. The van der Waals surface area contributed by atoms with E-state index in [9.17, 15) is 9.59 Å². The highest BCUT2D eigenvalue weighted by atomic mass is 16.5. The summed E-state index contributed by atoms with van der Waals surface area (Å²) in [5, 5.41) is 9.07. The van der Waals surface area contributed by atoms with Crippen LogP contribution in [0.2, 0.25) is 0 Å². The average molecular weight is 295 g/mol. The molecule has 0 unspecified atom stereocenters. The molecule has 0 radical (unpaired) electrons. The molecule has 0 fully saturated rings. The van der Waals surface area contributed by atoms with Crippen molar-refractivity contribution in [1.29, 1.82) is 0 Å². The van der Waals surface area contributed by atoms with Crippen molar-refractivity contribution in [3.05, 3.63) is 23.5 Å². The molecule has 0 aliphatic rings. The number of nitrogens with zero attached hydrogens (tertiary/aromatic N) is 1. The fourth-order valence-corrected chi connectivity index (χ4v) is 1.74. The molecular formula is C15H21NO5. The van der Waals surface area contributed by atoms with Crippen LogP contribution in [0.3, 0.4) is 0 Å². The second-order valence-corrected chi connectivity index (χ2v) is 4.89. The van der Waals surface area contributed by atoms with Gasteiger partial charge in [0.1, 0.15) is 6.10 Å². The highest BCUT2D eigenvalue weighted by Crippen LogP contribution is 2.21. The first kappa shape index (κ1) is 16.9. The van der Waals surface area contributed by atoms with E-state index in [1.807, 2.05) is 13.8 Å². The van der Waals surface area contributed by atoms with Gasteiger partial charge in [-0.1, -0.05) is 13.8 Å². The maximum Gasteiger partial charge on any atom is 0.358 e. The average Bonchev–Trinajstić information content (AvgIpc) is 2.43. The van der Waals surface area contributed by atoms with Crippen molar-refractivity contribution in [2.24, 2.45) is 0 Å². The molecule has 6 nitrogen and oxygen atoms in total. The number of esters is 1. The summed E-state index contributed by atoms with van der Waals surface area (Å²) in [4.78, 5) is 26.9. The lowest BCUT2D eigenvalue weighted by atomic mass is 10.2. The molecule has 0 aliphatic heterocycles. The Kier molecular flexibility index (Phi) is 6.14. The normalized spacial score (nSPS) is 10.8. The molecule has 0 spiro atoms. The zero-order chi connectivity index (χ0) is 16.0. The highest BCUT2D eigenvalue weighted by Gasteiger charge is 2.20. The summed E-state index contributed by atoms with van der Waals surface area (Å²) in [6.07, 6.45) is 2.25. The van der Waals surface area contributed by atoms with Crippen molar-refractivity contribution in [2.45, 2.75) is 52.7 Å². The Labute approximate surface area is 124 Å². The fraction of sp³-hybridized carbons (Fsp3) is 0.533. The fourth-order valence-electron chi connectivity index (χ4n) is 1.74. The van der Waals surface area contributed by atoms with Crippen molar-refractivity contribution < 1.29 is 24.2 Å². The Morgan fingerprint density at radius 1 is 1.29 bits per heavy atom. The van der Waals surface area contributed by atoms with Crippen LogP contribution in [0.25, 0.3) is 0 Å². The number of carboxylic acid groups (broad SMARTS) is 1. The molecular weight excluding hydrogens is 274 g/mol. The minimum atomic E-state index is -1.20. The SMILES string of the molecule is CCC(CC)OC(=O)c1cnc(C(=O)O)c(OC(C)C)c1. The van der Waals surface area contributed by atoms with Crippen LogP contribution in [-0.2, 0) is 4.74 Å². The van der Waals surface area contributed by atoms with Gasteiger partial charge in [0.05, 0.1) is 11.7 Å². The molecule has 0 amide bonds. The van der Waals surface area contributed by atoms with Gasteiger partial charge in [-0.3, -0.25) is 0 Å². The topological polar surface area (TPSA) is 85.7 Å². The van der Waals surface area contributed by atoms with E-state index < -0.39 is 11.9 Å². The molecule has 0 atom stereocenters. The summed E-state index contributed by atoms with van der Waals surface area (Å²) in [7, 11) is 0. The van der Waals surface area contributed by atoms with Crippen molar-refractivity contribution in [1.82, 2.24) is 4.98 Å². The van der Waals surface area contributed by atoms with Crippen LogP contribution in [-0.4, -0.2) is 34.2 Å². The van der Waals surface area contributed by atoms with E-state index in [2.05, 4.69) is 4.98 Å². The van der Waals surface area contributed by atoms with Crippen LogP contribution < -0.4 is 4.74 Å². The van der Waals surface area contributed by atoms with E-state index in [-0.39, 0.29) is 29.2 Å². The summed E-state index contributed by atoms with van der Waals surface area (Å²) in [5.41, 5.74) is -0.0367. The number of pyridine rings is 1. The summed E-state index contributed by atoms with van der Waals surface area (Å²) in [6.45, 7) is 7.39. The van der Waals surface area contributed by atoms with E-state index in [4.69, 9.17) is 14.6 Å². The molecule has 1 heterocycles. The van der Waals surface area contributed by atoms with E-state index in [0.29, 0.717) is 0 Å². The molecule has 21 heavy (non-hydrogen) atoms. The molecule has 0 saturated carbocycles. The Balaban J connectivity index is 3.03. The number of aromatic nitrogens is 1. The van der Waals surface area contributed by atoms with Gasteiger partial charge in [0, 0.05) is 6.20 Å². The summed E-state index contributed by atoms with van der Waals surface area (Å²) >= 11 is 0. The monoisotopic (exact) mass is 295 g/mol. The minimum Gasteiger partial charge on any atom is -0.488 e. The number of carbonyl (C=O) groups excluding carboxylic acids is 1. The maximum atomic E-state index is 12.0. The molecule has 1 aromatic heterocycles. The molecule has 6 heteroatoms. The second kappa shape index (κ2) is 7.61. The number of rotatable bonds is 7. The summed E-state index contributed by atoms with van der Waals surface area (Å²) in [5.74, 6) is -1.66. The largest absolute Gasteiger partial charge is 0.488 e. The van der Waals surface area contributed by atoms with Gasteiger partial charge in [-0.25, -0.2) is 14.6 Å². The third kappa shape index (κ3) is 4.73. The molecule has 116 valence electrons. The third-order valence-electron chi connectivity index (χ3n) is 2.84. The molecule has 1 aromatic rings. The van der Waals surface area contributed by atoms with Gasteiger partial charge in [-0.15, -0.1) is 0 Å². The predicted molar refractivity (Wildman–Crippen MR) is 76.7 cm³/mol. The number of hydrogen-bond donors (Lipinski definition) is 1. The van der Waals surface area contributed by atoms with E-state index in [1.54, 1.807) is 13.8 Å². The first-order valence-electron chi connectivity index (χ1n) is 6.99. The van der Waals surface area contributed by atoms with Crippen molar-refractivity contribution in [3.63, 3.8) is 0 Å². The molecule has 0 bridgehead atoms. The second-order valence-electron chi connectivity index (χ2n) is 4.89. The number of ether oxygens (including phenoxy) is 2. The molecule has 1 rings (SSSR count). The Morgan fingerprint density at radius 2 is 1.90 bits per heavy atom. The Hall–Kier alpha value is -2.11. The van der Waals surface area contributed by atoms with Gasteiger partial charge in [-0.2, -0.15) is 0 Å². The third-order valence-corrected chi connectivity index (χ3v) is 2.84. The van der Waals surface area contributed by atoms with E-state index >= 15 is 0 Å². The first-order chi connectivity index (χ1) is 9.88. The zero-order valence-corrected chi connectivity index (χ0v) is 12.8. The quantitative estimate of drug-likeness (QED) is 0.778. The van der Waals surface area contributed by atoms with E-state index in [1.165, 1.54) is 12.3 Å². The van der Waals surface area contributed by atoms with Gasteiger partial charge in [0.25, 0.3) is 0 Å². The van der Waals surface area contributed by atoms with Crippen LogP contribution in [0.5, 0.6) is 5.75 Å². The number of aromatic carboxylic acids is 1. The zero-order valence-electron chi connectivity index (χ0n) is 12.8. The summed E-state index contributed by atoms with van der Waals surface area (Å²) < 4.78 is 10.7. The predicted octanol–water partition coefficient (Wildman–Crippen LogP) is 2.91. The van der Waals surface area contributed by atoms with Gasteiger partial charge >= 0.3 is 11.9 Å². The lowest BCUT2D eigenvalue weighted by molar-refractivity contribution is 0.0282. The van der Waals surface area contributed by atoms with E-state index in [0.717, 1.165) is 12.8 Å². The van der Waals surface area contributed by atoms with Crippen LogP contribution in [0.4, 0.5) is 0 Å². The highest BCUT2D eigenvalue weighted by molar-refractivity contribution is 5.93. The van der Waals surface area contributed by atoms with Crippen LogP contribution in [0.1, 0.15) is 61.4 Å². The Morgan fingerprint density at radius 3 is 2.38 bits per heavy atom. The number of hydrogen-bond acceptors (Lipinski definition) is 5. The maximum absolute atomic E-state index is 12.0. The molecule has 0 aliphatic carbocycles. The van der Waals surface area contributed by atoms with Gasteiger partial charge in [0.15, 0.2) is 11.4 Å². The number of carboxylic acids is 1. The summed E-state index contributed by atoms with van der Waals surface area (Å²) in [6, 6.07) is 1.36. The standard InChI is InChI=1S/C15H21NO5/c1-5-11(6-2)21-15(19)10-7-12(20-9(3)4)13(14(17)18)16-8-10/h7-9,11H,5-6H2,1-4H3,(H,17,18). The van der Waals surface area contributed by atoms with Crippen LogP contribution >= 0.6 is 0 Å². The lowest BCUT2D eigenvalue weighted by Crippen LogP contribution is -2.18. The van der Waals surface area contributed by atoms with Gasteiger partial charge in [-0.05, 0) is 32.8 Å². The molecule has 1 N–H and O–H groups in total. The Bertz CT molecular complexity index is 509. The molecule has 0 aromatic carbocycles. The van der Waals surface area contributed by atoms with Crippen molar-refractivity contribution in [3.8, 4) is 5.75 Å². The van der Waals surface area contributed by atoms with Gasteiger partial charge < -0.3 is 14.6 Å². The number of carbonyl (C=O) groups is 2. The van der Waals surface area contributed by atoms with Crippen molar-refractivity contribution >= 4 is 11.9 Å². The van der Waals surface area contributed by atoms with Crippen LogP contribution in [0, 0.1) is 0 Å². The minimum absolute atomic E-state index is 0.0662. The lowest BCUT2D eigenvalue weighted by Gasteiger charge is -2.15. The first-order valence-corrected chi connectivity index (χ1v) is 6.99. The van der Waals surface area contributed by atoms with Crippen LogP contribution in [0.15, 0.2) is 12.3 Å². The molecule has 0 saturated heterocycles. The van der Waals surface area contributed by atoms with Gasteiger partial charge in [0.2, 0.25) is 0 Å². The van der Waals surface area contributed by atoms with Crippen molar-refractivity contribution in [2.75, 3.05) is 0 Å².